The number of nitrogens with zero attached hydrogens (tertiary/aromatic N) is 3. The lowest BCUT2D eigenvalue weighted by Crippen LogP contribution is -2.32. The summed E-state index contributed by atoms with van der Waals surface area (Å²) in [6, 6.07) is 5.61. The van der Waals surface area contributed by atoms with Gasteiger partial charge in [-0.05, 0) is 74.7 Å². The number of fused-ring (bicyclic) bond motifs is 1. The van der Waals surface area contributed by atoms with E-state index >= 15 is 0 Å². The van der Waals surface area contributed by atoms with Crippen LogP contribution in [0.2, 0.25) is 0 Å². The van der Waals surface area contributed by atoms with E-state index < -0.39 is 0 Å². The third-order valence-corrected chi connectivity index (χ3v) is 6.03. The van der Waals surface area contributed by atoms with Gasteiger partial charge in [0.05, 0.1) is 11.4 Å². The molecule has 1 saturated heterocycles. The lowest BCUT2D eigenvalue weighted by Gasteiger charge is -2.31. The molecule has 29 heavy (non-hydrogen) atoms. The monoisotopic (exact) mass is 389 g/mol. The van der Waals surface area contributed by atoms with Gasteiger partial charge in [0.15, 0.2) is 0 Å². The third kappa shape index (κ3) is 3.68. The van der Waals surface area contributed by atoms with Crippen molar-refractivity contribution in [3.63, 3.8) is 0 Å². The number of nitrogens with two attached hydrogens (primary N) is 1. The molecule has 0 radical (unpaired) electrons. The van der Waals surface area contributed by atoms with Gasteiger partial charge in [0.1, 0.15) is 5.65 Å². The fraction of sp³-hybridized carbons (Fsp3) is 0.348. The van der Waals surface area contributed by atoms with E-state index in [0.29, 0.717) is 28.5 Å². The maximum absolute atomic E-state index is 12.9. The Morgan fingerprint density at radius 2 is 2.03 bits per heavy atom. The summed E-state index contributed by atoms with van der Waals surface area (Å²) in [5.41, 5.74) is 10.6. The van der Waals surface area contributed by atoms with E-state index in [2.05, 4.69) is 17.9 Å². The maximum atomic E-state index is 12.9. The van der Waals surface area contributed by atoms with E-state index in [-0.39, 0.29) is 5.56 Å². The first-order valence-electron chi connectivity index (χ1n) is 10.2. The molecule has 1 aliphatic heterocycles. The standard InChI is InChI=1S/C23H27N5O/c1-3-27-8-6-16(7-9-27)17-4-5-21-26-20(12-22(29)28(21)14-17)18-10-15(2)23(25)19(11-18)13-24/h4-5,10-14,16,25H,3,6-9,24H2,1-2H3/b19-13-,25-23?. The average molecular weight is 390 g/mol. The zero-order chi connectivity index (χ0) is 20.5. The fourth-order valence-electron chi connectivity index (χ4n) is 4.18. The average Bonchev–Trinajstić information content (AvgIpc) is 2.75. The van der Waals surface area contributed by atoms with Gasteiger partial charge in [-0.2, -0.15) is 0 Å². The smallest absolute Gasteiger partial charge is 0.258 e. The number of pyridine rings is 1. The summed E-state index contributed by atoms with van der Waals surface area (Å²) >= 11 is 0. The van der Waals surface area contributed by atoms with Crippen LogP contribution in [0.25, 0.3) is 11.2 Å². The van der Waals surface area contributed by atoms with Crippen molar-refractivity contribution in [3.05, 3.63) is 75.5 Å². The SMILES string of the molecule is CCN1CCC(c2ccc3nc(C4=C/C(=C/N)C(=N)C(C)=C4)cc(=O)n3c2)CC1. The summed E-state index contributed by atoms with van der Waals surface area (Å²) in [6.07, 6.45) is 9.31. The first kappa shape index (κ1) is 19.3. The number of nitrogens with one attached hydrogen (secondary N) is 1. The van der Waals surface area contributed by atoms with Crippen LogP contribution in [0.5, 0.6) is 0 Å². The maximum Gasteiger partial charge on any atom is 0.258 e. The molecule has 0 bridgehead atoms. The molecule has 0 saturated carbocycles. The molecule has 3 N–H and O–H groups in total. The van der Waals surface area contributed by atoms with E-state index in [9.17, 15) is 4.79 Å². The topological polar surface area (TPSA) is 87.5 Å². The van der Waals surface area contributed by atoms with E-state index in [4.69, 9.17) is 16.1 Å². The lowest BCUT2D eigenvalue weighted by atomic mass is 9.90. The second kappa shape index (κ2) is 7.79. The molecular formula is C23H27N5O. The first-order valence-corrected chi connectivity index (χ1v) is 10.2. The van der Waals surface area contributed by atoms with Gasteiger partial charge >= 0.3 is 0 Å². The second-order valence-electron chi connectivity index (χ2n) is 7.80. The Bertz CT molecular complexity index is 1110. The highest BCUT2D eigenvalue weighted by Gasteiger charge is 2.20. The molecule has 1 aliphatic carbocycles. The predicted octanol–water partition coefficient (Wildman–Crippen LogP) is 3.10. The summed E-state index contributed by atoms with van der Waals surface area (Å²) in [7, 11) is 0. The Hall–Kier alpha value is -2.99. The molecule has 2 aromatic rings. The van der Waals surface area contributed by atoms with Crippen LogP contribution in [0.4, 0.5) is 0 Å². The Morgan fingerprint density at radius 3 is 2.72 bits per heavy atom. The van der Waals surface area contributed by atoms with Gasteiger partial charge in [-0.3, -0.25) is 14.6 Å². The molecule has 0 aromatic carbocycles. The van der Waals surface area contributed by atoms with Crippen LogP contribution >= 0.6 is 0 Å². The molecule has 1 fully saturated rings. The van der Waals surface area contributed by atoms with Crippen LogP contribution in [-0.4, -0.2) is 39.6 Å². The molecule has 2 aliphatic rings. The fourth-order valence-corrected chi connectivity index (χ4v) is 4.18. The summed E-state index contributed by atoms with van der Waals surface area (Å²) in [5, 5.41) is 8.07. The van der Waals surface area contributed by atoms with Crippen molar-refractivity contribution in [2.24, 2.45) is 5.73 Å². The highest BCUT2D eigenvalue weighted by atomic mass is 16.1. The highest BCUT2D eigenvalue weighted by molar-refractivity contribution is 6.16. The highest BCUT2D eigenvalue weighted by Crippen LogP contribution is 2.28. The summed E-state index contributed by atoms with van der Waals surface area (Å²) < 4.78 is 1.65. The quantitative estimate of drug-likeness (QED) is 0.844. The number of hydrogen-bond donors (Lipinski definition) is 2. The molecule has 6 nitrogen and oxygen atoms in total. The van der Waals surface area contributed by atoms with E-state index in [1.165, 1.54) is 11.8 Å². The molecule has 4 rings (SSSR count). The number of hydrogen-bond acceptors (Lipinski definition) is 5. The number of likely N-dealkylation sites (tertiary alicyclic amines) is 1. The molecule has 2 aromatic heterocycles. The number of aromatic nitrogens is 2. The minimum Gasteiger partial charge on any atom is -0.404 e. The van der Waals surface area contributed by atoms with Gasteiger partial charge in [-0.1, -0.05) is 13.0 Å². The molecule has 6 heteroatoms. The summed E-state index contributed by atoms with van der Waals surface area (Å²) in [5.74, 6) is 0.490. The molecule has 3 heterocycles. The van der Waals surface area contributed by atoms with Gasteiger partial charge in [0.2, 0.25) is 0 Å². The third-order valence-electron chi connectivity index (χ3n) is 6.03. The van der Waals surface area contributed by atoms with Gasteiger partial charge < -0.3 is 10.6 Å². The zero-order valence-corrected chi connectivity index (χ0v) is 17.0. The first-order chi connectivity index (χ1) is 14.0. The van der Waals surface area contributed by atoms with E-state index in [0.717, 1.165) is 43.6 Å². The van der Waals surface area contributed by atoms with Gasteiger partial charge in [-0.25, -0.2) is 4.98 Å². The second-order valence-corrected chi connectivity index (χ2v) is 7.80. The summed E-state index contributed by atoms with van der Waals surface area (Å²) in [6.45, 7) is 7.38. The Balaban J connectivity index is 1.69. The summed E-state index contributed by atoms with van der Waals surface area (Å²) in [4.78, 5) is 20.0. The molecule has 0 unspecified atom stereocenters. The van der Waals surface area contributed by atoms with Crippen LogP contribution in [0.15, 0.2) is 58.7 Å². The van der Waals surface area contributed by atoms with Crippen LogP contribution in [-0.2, 0) is 0 Å². The Morgan fingerprint density at radius 1 is 1.28 bits per heavy atom. The van der Waals surface area contributed by atoms with Crippen molar-refractivity contribution in [3.8, 4) is 0 Å². The normalized spacial score (nSPS) is 20.2. The molecule has 0 atom stereocenters. The Labute approximate surface area is 170 Å². The predicted molar refractivity (Wildman–Crippen MR) is 117 cm³/mol. The van der Waals surface area contributed by atoms with Crippen molar-refractivity contribution >= 4 is 16.9 Å². The van der Waals surface area contributed by atoms with Crippen LogP contribution < -0.4 is 11.3 Å². The van der Waals surface area contributed by atoms with Gasteiger partial charge in [0.25, 0.3) is 5.56 Å². The molecule has 0 amide bonds. The molecule has 150 valence electrons. The van der Waals surface area contributed by atoms with Gasteiger partial charge in [0, 0.05) is 29.6 Å². The number of rotatable bonds is 3. The van der Waals surface area contributed by atoms with Crippen molar-refractivity contribution < 1.29 is 0 Å². The zero-order valence-electron chi connectivity index (χ0n) is 17.0. The van der Waals surface area contributed by atoms with Gasteiger partial charge in [-0.15, -0.1) is 0 Å². The largest absolute Gasteiger partial charge is 0.404 e. The van der Waals surface area contributed by atoms with Crippen molar-refractivity contribution in [2.75, 3.05) is 19.6 Å². The van der Waals surface area contributed by atoms with Crippen LogP contribution in [0.3, 0.4) is 0 Å². The Kier molecular flexibility index (Phi) is 5.20. The molecule has 0 spiro atoms. The van der Waals surface area contributed by atoms with E-state index in [1.54, 1.807) is 10.5 Å². The lowest BCUT2D eigenvalue weighted by molar-refractivity contribution is 0.222. The number of allylic oxidation sites excluding steroid dienone is 5. The van der Waals surface area contributed by atoms with Crippen LogP contribution in [0.1, 0.15) is 43.9 Å². The molecular weight excluding hydrogens is 362 g/mol. The minimum atomic E-state index is -0.0938. The van der Waals surface area contributed by atoms with Crippen molar-refractivity contribution in [1.29, 1.82) is 5.41 Å². The minimum absolute atomic E-state index is 0.0938. The van der Waals surface area contributed by atoms with E-state index in [1.807, 2.05) is 31.3 Å². The van der Waals surface area contributed by atoms with Crippen molar-refractivity contribution in [2.45, 2.75) is 32.6 Å². The van der Waals surface area contributed by atoms with Crippen molar-refractivity contribution in [1.82, 2.24) is 14.3 Å². The number of piperidine rings is 1. The van der Waals surface area contributed by atoms with Crippen LogP contribution in [0, 0.1) is 5.41 Å².